The first-order valence-electron chi connectivity index (χ1n) is 8.03. The first-order valence-corrected chi connectivity index (χ1v) is 8.03. The molecular weight excluding hydrogens is 248 g/mol. The topological polar surface area (TPSA) is 28.4 Å². The standard InChI is InChI=1S/C17H30N2O/c1-13(2)8-18-9-17-16(5-6-20-17)12-19-10-14(3)7-15(4)11-19/h5-6,13-15,18H,7-12H2,1-4H3. The fourth-order valence-electron chi connectivity index (χ4n) is 3.30. The minimum atomic E-state index is 0.678. The maximum atomic E-state index is 5.65. The van der Waals surface area contributed by atoms with Crippen LogP contribution in [0, 0.1) is 17.8 Å². The van der Waals surface area contributed by atoms with Crippen molar-refractivity contribution in [2.75, 3.05) is 19.6 Å². The SMILES string of the molecule is CC(C)CNCc1occc1CN1CC(C)CC(C)C1. The molecule has 2 heterocycles. The number of furan rings is 1. The van der Waals surface area contributed by atoms with Crippen molar-refractivity contribution in [1.29, 1.82) is 0 Å². The predicted octanol–water partition coefficient (Wildman–Crippen LogP) is 3.50. The zero-order valence-corrected chi connectivity index (χ0v) is 13.5. The number of piperidine rings is 1. The monoisotopic (exact) mass is 278 g/mol. The molecule has 0 aliphatic carbocycles. The van der Waals surface area contributed by atoms with E-state index in [0.29, 0.717) is 5.92 Å². The van der Waals surface area contributed by atoms with Crippen molar-refractivity contribution in [2.45, 2.75) is 47.2 Å². The van der Waals surface area contributed by atoms with Gasteiger partial charge in [-0.3, -0.25) is 4.90 Å². The molecule has 0 radical (unpaired) electrons. The minimum absolute atomic E-state index is 0.678. The van der Waals surface area contributed by atoms with E-state index in [4.69, 9.17) is 4.42 Å². The third-order valence-electron chi connectivity index (χ3n) is 4.01. The molecule has 0 bridgehead atoms. The summed E-state index contributed by atoms with van der Waals surface area (Å²) in [6.07, 6.45) is 3.20. The van der Waals surface area contributed by atoms with Crippen molar-refractivity contribution in [2.24, 2.45) is 17.8 Å². The van der Waals surface area contributed by atoms with Gasteiger partial charge < -0.3 is 9.73 Å². The van der Waals surface area contributed by atoms with Crippen molar-refractivity contribution in [3.8, 4) is 0 Å². The van der Waals surface area contributed by atoms with Gasteiger partial charge in [0.1, 0.15) is 5.76 Å². The molecule has 0 saturated carbocycles. The zero-order chi connectivity index (χ0) is 14.5. The summed E-state index contributed by atoms with van der Waals surface area (Å²) in [6.45, 7) is 14.5. The lowest BCUT2D eigenvalue weighted by Gasteiger charge is -2.34. The second kappa shape index (κ2) is 7.28. The number of nitrogens with zero attached hydrogens (tertiary/aromatic N) is 1. The van der Waals surface area contributed by atoms with Crippen LogP contribution in [0.5, 0.6) is 0 Å². The van der Waals surface area contributed by atoms with Gasteiger partial charge in [0.25, 0.3) is 0 Å². The second-order valence-electron chi connectivity index (χ2n) is 7.03. The molecule has 0 spiro atoms. The molecule has 20 heavy (non-hydrogen) atoms. The van der Waals surface area contributed by atoms with E-state index in [1.54, 1.807) is 0 Å². The Labute approximate surface area is 123 Å². The molecule has 1 N–H and O–H groups in total. The average Bonchev–Trinajstić information content (AvgIpc) is 2.75. The van der Waals surface area contributed by atoms with Crippen molar-refractivity contribution >= 4 is 0 Å². The van der Waals surface area contributed by atoms with Crippen LogP contribution < -0.4 is 5.32 Å². The highest BCUT2D eigenvalue weighted by atomic mass is 16.3. The molecule has 1 aliphatic rings. The molecule has 0 amide bonds. The van der Waals surface area contributed by atoms with Crippen LogP contribution in [-0.4, -0.2) is 24.5 Å². The molecule has 1 aliphatic heterocycles. The molecule has 3 nitrogen and oxygen atoms in total. The zero-order valence-electron chi connectivity index (χ0n) is 13.5. The van der Waals surface area contributed by atoms with Gasteiger partial charge in [-0.2, -0.15) is 0 Å². The number of nitrogens with one attached hydrogen (secondary N) is 1. The molecule has 1 aromatic rings. The summed E-state index contributed by atoms with van der Waals surface area (Å²) >= 11 is 0. The van der Waals surface area contributed by atoms with Crippen molar-refractivity contribution in [3.05, 3.63) is 23.7 Å². The number of likely N-dealkylation sites (tertiary alicyclic amines) is 1. The Balaban J connectivity index is 1.88. The van der Waals surface area contributed by atoms with Crippen molar-refractivity contribution in [3.63, 3.8) is 0 Å². The maximum absolute atomic E-state index is 5.65. The molecule has 2 atom stereocenters. The van der Waals surface area contributed by atoms with Gasteiger partial charge >= 0.3 is 0 Å². The van der Waals surface area contributed by atoms with Crippen molar-refractivity contribution in [1.82, 2.24) is 10.2 Å². The lowest BCUT2D eigenvalue weighted by atomic mass is 9.91. The summed E-state index contributed by atoms with van der Waals surface area (Å²) in [7, 11) is 0. The van der Waals surface area contributed by atoms with Gasteiger partial charge in [-0.1, -0.05) is 27.7 Å². The fraction of sp³-hybridized carbons (Fsp3) is 0.765. The molecule has 1 aromatic heterocycles. The molecule has 2 rings (SSSR count). The molecule has 1 fully saturated rings. The van der Waals surface area contributed by atoms with Crippen LogP contribution in [0.2, 0.25) is 0 Å². The van der Waals surface area contributed by atoms with Gasteiger partial charge in [-0.15, -0.1) is 0 Å². The Bertz CT molecular complexity index is 389. The first kappa shape index (κ1) is 15.6. The van der Waals surface area contributed by atoms with E-state index in [1.165, 1.54) is 25.1 Å². The highest BCUT2D eigenvalue weighted by molar-refractivity contribution is 5.17. The van der Waals surface area contributed by atoms with E-state index in [2.05, 4.69) is 44.0 Å². The van der Waals surface area contributed by atoms with Crippen LogP contribution in [0.4, 0.5) is 0 Å². The van der Waals surface area contributed by atoms with Gasteiger partial charge in [-0.25, -0.2) is 0 Å². The van der Waals surface area contributed by atoms with Crippen LogP contribution in [-0.2, 0) is 13.1 Å². The third-order valence-corrected chi connectivity index (χ3v) is 4.01. The van der Waals surface area contributed by atoms with Gasteiger partial charge in [0, 0.05) is 25.2 Å². The van der Waals surface area contributed by atoms with E-state index in [0.717, 1.165) is 37.2 Å². The Hall–Kier alpha value is -0.800. The molecular formula is C17H30N2O. The highest BCUT2D eigenvalue weighted by Crippen LogP contribution is 2.23. The molecule has 2 unspecified atom stereocenters. The maximum Gasteiger partial charge on any atom is 0.122 e. The van der Waals surface area contributed by atoms with Crippen LogP contribution >= 0.6 is 0 Å². The third kappa shape index (κ3) is 4.64. The van der Waals surface area contributed by atoms with Crippen LogP contribution in [0.25, 0.3) is 0 Å². The summed E-state index contributed by atoms with van der Waals surface area (Å²) < 4.78 is 5.65. The lowest BCUT2D eigenvalue weighted by Crippen LogP contribution is -2.38. The summed E-state index contributed by atoms with van der Waals surface area (Å²) in [6, 6.07) is 2.14. The Morgan fingerprint density at radius 2 is 2.00 bits per heavy atom. The van der Waals surface area contributed by atoms with Gasteiger partial charge in [-0.05, 0) is 36.8 Å². The summed E-state index contributed by atoms with van der Waals surface area (Å²) in [5.74, 6) is 3.41. The van der Waals surface area contributed by atoms with Crippen LogP contribution in [0.1, 0.15) is 45.4 Å². The van der Waals surface area contributed by atoms with E-state index in [9.17, 15) is 0 Å². The fourth-order valence-corrected chi connectivity index (χ4v) is 3.30. The smallest absolute Gasteiger partial charge is 0.122 e. The Kier molecular flexibility index (Phi) is 5.67. The lowest BCUT2D eigenvalue weighted by molar-refractivity contribution is 0.133. The van der Waals surface area contributed by atoms with E-state index >= 15 is 0 Å². The first-order chi connectivity index (χ1) is 9.54. The number of hydrogen-bond donors (Lipinski definition) is 1. The van der Waals surface area contributed by atoms with Crippen LogP contribution in [0.3, 0.4) is 0 Å². The van der Waals surface area contributed by atoms with Gasteiger partial charge in [0.2, 0.25) is 0 Å². The van der Waals surface area contributed by atoms with Crippen molar-refractivity contribution < 1.29 is 4.42 Å². The number of rotatable bonds is 6. The van der Waals surface area contributed by atoms with E-state index in [-0.39, 0.29) is 0 Å². The Morgan fingerprint density at radius 1 is 1.30 bits per heavy atom. The number of hydrogen-bond acceptors (Lipinski definition) is 3. The average molecular weight is 278 g/mol. The summed E-state index contributed by atoms with van der Waals surface area (Å²) in [5, 5.41) is 3.47. The normalized spacial score (nSPS) is 24.4. The minimum Gasteiger partial charge on any atom is -0.468 e. The van der Waals surface area contributed by atoms with Crippen LogP contribution in [0.15, 0.2) is 16.7 Å². The Morgan fingerprint density at radius 3 is 2.65 bits per heavy atom. The summed E-state index contributed by atoms with van der Waals surface area (Å²) in [4.78, 5) is 2.58. The largest absolute Gasteiger partial charge is 0.468 e. The molecule has 3 heteroatoms. The van der Waals surface area contributed by atoms with E-state index < -0.39 is 0 Å². The predicted molar refractivity (Wildman–Crippen MR) is 83.5 cm³/mol. The molecule has 0 aromatic carbocycles. The molecule has 1 saturated heterocycles. The van der Waals surface area contributed by atoms with Gasteiger partial charge in [0.05, 0.1) is 12.8 Å². The molecule has 114 valence electrons. The van der Waals surface area contributed by atoms with E-state index in [1.807, 2.05) is 6.26 Å². The summed E-state index contributed by atoms with van der Waals surface area (Å²) in [5.41, 5.74) is 1.35. The second-order valence-corrected chi connectivity index (χ2v) is 7.03. The highest BCUT2D eigenvalue weighted by Gasteiger charge is 2.22. The van der Waals surface area contributed by atoms with Gasteiger partial charge in [0.15, 0.2) is 0 Å². The quantitative estimate of drug-likeness (QED) is 0.863.